The molecule has 0 bridgehead atoms. The molecule has 1 aromatic heterocycles. The van der Waals surface area contributed by atoms with Crippen LogP contribution in [-0.4, -0.2) is 130 Å². The maximum atomic E-state index is 13.8. The van der Waals surface area contributed by atoms with Crippen molar-refractivity contribution in [2.75, 3.05) is 33.3 Å². The van der Waals surface area contributed by atoms with Crippen LogP contribution in [0.2, 0.25) is 0 Å². The lowest BCUT2D eigenvalue weighted by molar-refractivity contribution is -0.179. The maximum Gasteiger partial charge on any atom is 0.407 e. The van der Waals surface area contributed by atoms with Crippen molar-refractivity contribution in [1.82, 2.24) is 24.8 Å². The molecule has 2 amide bonds. The van der Waals surface area contributed by atoms with Gasteiger partial charge in [0.25, 0.3) is 0 Å². The van der Waals surface area contributed by atoms with E-state index in [1.165, 1.54) is 11.9 Å². The fourth-order valence-corrected chi connectivity index (χ4v) is 6.59. The fourth-order valence-electron chi connectivity index (χ4n) is 5.00. The Balaban J connectivity index is 1.64. The van der Waals surface area contributed by atoms with E-state index in [9.17, 15) is 48.3 Å². The summed E-state index contributed by atoms with van der Waals surface area (Å²) in [5, 5.41) is 59.5. The van der Waals surface area contributed by atoms with Crippen LogP contribution in [0.4, 0.5) is 18.0 Å². The molecule has 0 aliphatic carbocycles. The smallest absolute Gasteiger partial charge is 0.407 e. The number of likely N-dealkylation sites (tertiary alicyclic amines) is 1. The van der Waals surface area contributed by atoms with E-state index in [1.807, 2.05) is 0 Å². The van der Waals surface area contributed by atoms with Gasteiger partial charge in [-0.15, -0.1) is 16.9 Å². The summed E-state index contributed by atoms with van der Waals surface area (Å²) in [5.41, 5.74) is -3.27. The second-order valence-electron chi connectivity index (χ2n) is 10.3. The highest BCUT2D eigenvalue weighted by Gasteiger charge is 2.52. The van der Waals surface area contributed by atoms with E-state index in [1.54, 1.807) is 6.92 Å². The molecule has 2 aromatic rings. The fraction of sp³-hybridized carbons (Fsp3) is 0.600. The molecule has 2 aliphatic heterocycles. The molecular formula is C25H32F3N5O8S. The Morgan fingerprint density at radius 3 is 2.36 bits per heavy atom. The van der Waals surface area contributed by atoms with Gasteiger partial charge >= 0.3 is 6.09 Å². The standard InChI is InChI=1S/C25H32F3N5O8S/c1-3-31(2)22(37)21(25(40)4-6-32(7-5-25)24(38)39)42-23-20(36)18(19(35)16(11-34)41-23)33-10-15(29-30-33)12-8-13(26)17(28)14(27)9-12/h8-10,16,18-21,23,34-36,40H,3-7,11H2,1-2H3,(H,38,39)/t16-,18+,19+,20-,21?,23+/m1/s1. The van der Waals surface area contributed by atoms with Crippen molar-refractivity contribution in [1.29, 1.82) is 0 Å². The number of thioether (sulfide) groups is 1. The zero-order valence-corrected chi connectivity index (χ0v) is 23.5. The second-order valence-corrected chi connectivity index (χ2v) is 11.5. The van der Waals surface area contributed by atoms with Crippen LogP contribution in [0.25, 0.3) is 11.3 Å². The Bertz CT molecular complexity index is 1270. The summed E-state index contributed by atoms with van der Waals surface area (Å²) in [6, 6.07) is 0.0680. The first-order valence-electron chi connectivity index (χ1n) is 13.1. The number of carbonyl (C=O) groups is 2. The van der Waals surface area contributed by atoms with Crippen LogP contribution in [0, 0.1) is 17.5 Å². The number of nitrogens with zero attached hydrogens (tertiary/aromatic N) is 5. The van der Waals surface area contributed by atoms with Gasteiger partial charge in [-0.1, -0.05) is 5.21 Å². The molecule has 0 spiro atoms. The molecule has 2 aliphatic rings. The quantitative estimate of drug-likeness (QED) is 0.259. The SMILES string of the molecule is CCN(C)C(=O)C(S[C@@H]1O[C@H](CO)[C@H](O)[C@H](n2cc(-c3cc(F)c(F)c(F)c3)nn2)[C@H]1O)C1(O)CCN(C(=O)O)CC1. The van der Waals surface area contributed by atoms with Gasteiger partial charge in [-0.05, 0) is 31.9 Å². The highest BCUT2D eigenvalue weighted by molar-refractivity contribution is 8.01. The number of carboxylic acid groups (broad SMARTS) is 1. The average molecular weight is 620 g/mol. The first kappa shape index (κ1) is 32.0. The van der Waals surface area contributed by atoms with Crippen molar-refractivity contribution in [2.45, 2.75) is 60.4 Å². The topological polar surface area (TPSA) is 182 Å². The Hall–Kier alpha value is -2.96. The summed E-state index contributed by atoms with van der Waals surface area (Å²) in [7, 11) is 1.52. The monoisotopic (exact) mass is 619 g/mol. The van der Waals surface area contributed by atoms with Gasteiger partial charge in [0.2, 0.25) is 5.91 Å². The zero-order chi connectivity index (χ0) is 30.9. The molecule has 0 saturated carbocycles. The zero-order valence-electron chi connectivity index (χ0n) is 22.7. The molecule has 1 unspecified atom stereocenters. The van der Waals surface area contributed by atoms with Crippen LogP contribution in [0.1, 0.15) is 25.8 Å². The van der Waals surface area contributed by atoms with Gasteiger partial charge in [0.05, 0.1) is 18.4 Å². The number of amides is 2. The van der Waals surface area contributed by atoms with Gasteiger partial charge in [-0.25, -0.2) is 22.6 Å². The van der Waals surface area contributed by atoms with Crippen molar-refractivity contribution in [2.24, 2.45) is 0 Å². The van der Waals surface area contributed by atoms with E-state index in [0.717, 1.165) is 27.5 Å². The van der Waals surface area contributed by atoms with Gasteiger partial charge in [-0.2, -0.15) is 0 Å². The molecular weight excluding hydrogens is 587 g/mol. The summed E-state index contributed by atoms with van der Waals surface area (Å²) < 4.78 is 47.8. The lowest BCUT2D eigenvalue weighted by Gasteiger charge is -2.46. The first-order chi connectivity index (χ1) is 19.8. The largest absolute Gasteiger partial charge is 0.465 e. The number of rotatable bonds is 8. The lowest BCUT2D eigenvalue weighted by Crippen LogP contribution is -2.59. The van der Waals surface area contributed by atoms with E-state index in [-0.39, 0.29) is 43.7 Å². The molecule has 1 aromatic carbocycles. The van der Waals surface area contributed by atoms with E-state index in [0.29, 0.717) is 12.1 Å². The highest BCUT2D eigenvalue weighted by atomic mass is 32.2. The van der Waals surface area contributed by atoms with Gasteiger partial charge in [0, 0.05) is 32.2 Å². The third-order valence-corrected chi connectivity index (χ3v) is 9.25. The number of hydrogen-bond donors (Lipinski definition) is 5. The van der Waals surface area contributed by atoms with E-state index < -0.39 is 76.7 Å². The van der Waals surface area contributed by atoms with Crippen LogP contribution in [0.5, 0.6) is 0 Å². The minimum Gasteiger partial charge on any atom is -0.465 e. The number of carbonyl (C=O) groups excluding carboxylic acids is 1. The van der Waals surface area contributed by atoms with Crippen LogP contribution >= 0.6 is 11.8 Å². The molecule has 6 atom stereocenters. The van der Waals surface area contributed by atoms with E-state index >= 15 is 0 Å². The molecule has 0 radical (unpaired) electrons. The predicted molar refractivity (Wildman–Crippen MR) is 141 cm³/mol. The molecule has 2 fully saturated rings. The summed E-state index contributed by atoms with van der Waals surface area (Å²) >= 11 is 0.765. The molecule has 4 rings (SSSR count). The third kappa shape index (κ3) is 6.21. The van der Waals surface area contributed by atoms with Gasteiger partial charge in [-0.3, -0.25) is 4.79 Å². The van der Waals surface area contributed by atoms with Crippen molar-refractivity contribution in [3.63, 3.8) is 0 Å². The van der Waals surface area contributed by atoms with E-state index in [2.05, 4.69) is 10.3 Å². The van der Waals surface area contributed by atoms with Crippen LogP contribution in [-0.2, 0) is 9.53 Å². The molecule has 5 N–H and O–H groups in total. The molecule has 13 nitrogen and oxygen atoms in total. The number of hydrogen-bond acceptors (Lipinski definition) is 10. The lowest BCUT2D eigenvalue weighted by atomic mass is 9.87. The number of benzene rings is 1. The van der Waals surface area contributed by atoms with Crippen LogP contribution in [0.15, 0.2) is 18.3 Å². The normalized spacial score (nSPS) is 26.6. The number of halogens is 3. The summed E-state index contributed by atoms with van der Waals surface area (Å²) in [6.07, 6.45) is -4.61. The summed E-state index contributed by atoms with van der Waals surface area (Å²) in [6.45, 7) is 1.23. The van der Waals surface area contributed by atoms with Crippen molar-refractivity contribution >= 4 is 23.8 Å². The van der Waals surface area contributed by atoms with Crippen molar-refractivity contribution in [3.05, 3.63) is 35.8 Å². The Kier molecular flexibility index (Phi) is 9.68. The maximum absolute atomic E-state index is 13.8. The van der Waals surface area contributed by atoms with Crippen LogP contribution in [0.3, 0.4) is 0 Å². The molecule has 232 valence electrons. The highest BCUT2D eigenvalue weighted by Crippen LogP contribution is 2.42. The van der Waals surface area contributed by atoms with Crippen LogP contribution < -0.4 is 0 Å². The Morgan fingerprint density at radius 1 is 1.19 bits per heavy atom. The Morgan fingerprint density at radius 2 is 1.81 bits per heavy atom. The summed E-state index contributed by atoms with van der Waals surface area (Å²) in [4.78, 5) is 27.3. The predicted octanol–water partition coefficient (Wildman–Crippen LogP) is 0.427. The third-order valence-electron chi connectivity index (χ3n) is 7.68. The van der Waals surface area contributed by atoms with Gasteiger partial charge in [0.1, 0.15) is 40.7 Å². The van der Waals surface area contributed by atoms with Crippen molar-refractivity contribution in [3.8, 4) is 11.3 Å². The summed E-state index contributed by atoms with van der Waals surface area (Å²) in [5.74, 6) is -5.08. The Labute approximate surface area is 242 Å². The molecule has 2 saturated heterocycles. The number of piperidine rings is 1. The molecule has 3 heterocycles. The van der Waals surface area contributed by atoms with E-state index in [4.69, 9.17) is 4.74 Å². The number of ether oxygens (including phenoxy) is 1. The van der Waals surface area contributed by atoms with Crippen molar-refractivity contribution < 1.29 is 53.0 Å². The molecule has 42 heavy (non-hydrogen) atoms. The number of aliphatic hydroxyl groups is 4. The molecule has 17 heteroatoms. The second kappa shape index (κ2) is 12.7. The minimum atomic E-state index is -1.68. The number of aliphatic hydroxyl groups excluding tert-OH is 3. The average Bonchev–Trinajstić information content (AvgIpc) is 3.44. The van der Waals surface area contributed by atoms with Gasteiger partial charge in [0.15, 0.2) is 17.5 Å². The first-order valence-corrected chi connectivity index (χ1v) is 14.1. The number of aromatic nitrogens is 3. The minimum absolute atomic E-state index is 0.0347. The van der Waals surface area contributed by atoms with Gasteiger partial charge < -0.3 is 40.1 Å².